The van der Waals surface area contributed by atoms with Gasteiger partial charge in [0, 0.05) is 16.1 Å². The number of hydrogen-bond acceptors (Lipinski definition) is 7. The molecule has 0 saturated carbocycles. The summed E-state index contributed by atoms with van der Waals surface area (Å²) < 4.78 is 13.3. The van der Waals surface area contributed by atoms with Crippen molar-refractivity contribution in [3.63, 3.8) is 0 Å². The van der Waals surface area contributed by atoms with Crippen LogP contribution in [0.25, 0.3) is 11.0 Å². The molecule has 0 bridgehead atoms. The van der Waals surface area contributed by atoms with Gasteiger partial charge >= 0.3 is 6.09 Å². The summed E-state index contributed by atoms with van der Waals surface area (Å²) in [6.45, 7) is 8.43. The average molecular weight is 431 g/mol. The van der Waals surface area contributed by atoms with Gasteiger partial charge in [-0.15, -0.1) is 0 Å². The Labute approximate surface area is 178 Å². The van der Waals surface area contributed by atoms with E-state index in [1.807, 2.05) is 33.8 Å². The molecule has 4 rings (SSSR count). The lowest BCUT2D eigenvalue weighted by Gasteiger charge is -2.24. The van der Waals surface area contributed by atoms with Gasteiger partial charge in [0.15, 0.2) is 5.65 Å². The summed E-state index contributed by atoms with van der Waals surface area (Å²) in [5.74, 6) is 1.02. The van der Waals surface area contributed by atoms with Crippen LogP contribution in [0.2, 0.25) is 5.02 Å². The van der Waals surface area contributed by atoms with Gasteiger partial charge in [0.05, 0.1) is 30.3 Å². The fraction of sp³-hybridized carbons (Fsp3) is 0.400. The maximum absolute atomic E-state index is 11.7. The lowest BCUT2D eigenvalue weighted by atomic mass is 9.95. The summed E-state index contributed by atoms with van der Waals surface area (Å²) >= 11 is 6.59. The standard InChI is InChI=1S/C20H23ClN6O3/c1-5-29-17-12(6-13(21)9(2)15(17)14-7-23-20(28)30-14)11(4)27-19-16(10(3)26-27)18(22)24-8-25-19/h6,8,11,14H,5,7H2,1-4H3,(H,23,28)(H2,22,24,25). The molecule has 0 aliphatic carbocycles. The monoisotopic (exact) mass is 430 g/mol. The maximum atomic E-state index is 11.7. The number of hydrogen-bond donors (Lipinski definition) is 2. The number of carbonyl (C=O) groups excluding carboxylic acids is 1. The molecule has 1 amide bonds. The molecule has 9 nitrogen and oxygen atoms in total. The average Bonchev–Trinajstić information content (AvgIpc) is 3.28. The topological polar surface area (TPSA) is 117 Å². The van der Waals surface area contributed by atoms with E-state index in [1.54, 1.807) is 4.68 Å². The molecule has 2 atom stereocenters. The number of nitrogens with zero attached hydrogens (tertiary/aromatic N) is 4. The Morgan fingerprint density at radius 3 is 2.87 bits per heavy atom. The Hall–Kier alpha value is -3.07. The van der Waals surface area contributed by atoms with Crippen molar-refractivity contribution in [1.29, 1.82) is 0 Å². The lowest BCUT2D eigenvalue weighted by Crippen LogP contribution is -2.16. The van der Waals surface area contributed by atoms with E-state index >= 15 is 0 Å². The smallest absolute Gasteiger partial charge is 0.407 e. The van der Waals surface area contributed by atoms with Gasteiger partial charge in [-0.25, -0.2) is 19.4 Å². The van der Waals surface area contributed by atoms with E-state index in [4.69, 9.17) is 26.8 Å². The molecule has 1 aliphatic rings. The number of carbonyl (C=O) groups is 1. The first kappa shape index (κ1) is 20.2. The minimum absolute atomic E-state index is 0.279. The second kappa shape index (κ2) is 7.64. The van der Waals surface area contributed by atoms with Crippen LogP contribution in [0.1, 0.15) is 48.4 Å². The van der Waals surface area contributed by atoms with Crippen LogP contribution in [0.3, 0.4) is 0 Å². The molecule has 2 aromatic heterocycles. The highest BCUT2D eigenvalue weighted by atomic mass is 35.5. The number of fused-ring (bicyclic) bond motifs is 1. The van der Waals surface area contributed by atoms with E-state index in [9.17, 15) is 4.79 Å². The molecule has 1 aliphatic heterocycles. The predicted octanol–water partition coefficient (Wildman–Crippen LogP) is 3.47. The highest BCUT2D eigenvalue weighted by molar-refractivity contribution is 6.31. The van der Waals surface area contributed by atoms with Crippen molar-refractivity contribution in [3.05, 3.63) is 39.8 Å². The van der Waals surface area contributed by atoms with Crippen molar-refractivity contribution < 1.29 is 14.3 Å². The van der Waals surface area contributed by atoms with Crippen LogP contribution in [-0.4, -0.2) is 39.0 Å². The molecule has 1 aromatic carbocycles. The molecule has 0 radical (unpaired) electrons. The second-order valence-electron chi connectivity index (χ2n) is 7.19. The number of cyclic esters (lactones) is 1. The Balaban J connectivity index is 1.91. The van der Waals surface area contributed by atoms with Gasteiger partial charge in [-0.2, -0.15) is 5.10 Å². The molecular formula is C20H23ClN6O3. The number of halogens is 1. The molecule has 3 aromatic rings. The summed E-state index contributed by atoms with van der Waals surface area (Å²) in [7, 11) is 0. The van der Waals surface area contributed by atoms with Crippen LogP contribution in [0.15, 0.2) is 12.4 Å². The number of amides is 1. The van der Waals surface area contributed by atoms with Gasteiger partial charge in [-0.1, -0.05) is 11.6 Å². The van der Waals surface area contributed by atoms with E-state index < -0.39 is 12.2 Å². The number of anilines is 1. The minimum Gasteiger partial charge on any atom is -0.493 e. The number of aryl methyl sites for hydroxylation is 1. The van der Waals surface area contributed by atoms with Gasteiger partial charge in [0.2, 0.25) is 0 Å². The molecular weight excluding hydrogens is 408 g/mol. The Morgan fingerprint density at radius 2 is 2.20 bits per heavy atom. The van der Waals surface area contributed by atoms with Crippen molar-refractivity contribution in [2.75, 3.05) is 18.9 Å². The minimum atomic E-state index is -0.488. The van der Waals surface area contributed by atoms with Gasteiger partial charge in [-0.3, -0.25) is 0 Å². The number of benzene rings is 1. The van der Waals surface area contributed by atoms with Crippen LogP contribution in [-0.2, 0) is 4.74 Å². The molecule has 3 N–H and O–H groups in total. The number of nitrogens with one attached hydrogen (secondary N) is 1. The Kier molecular flexibility index (Phi) is 5.15. The van der Waals surface area contributed by atoms with E-state index in [1.165, 1.54) is 6.33 Å². The van der Waals surface area contributed by atoms with Gasteiger partial charge in [0.25, 0.3) is 0 Å². The predicted molar refractivity (Wildman–Crippen MR) is 113 cm³/mol. The third kappa shape index (κ3) is 3.19. The van der Waals surface area contributed by atoms with E-state index in [-0.39, 0.29) is 6.04 Å². The van der Waals surface area contributed by atoms with Gasteiger partial charge < -0.3 is 20.5 Å². The van der Waals surface area contributed by atoms with Gasteiger partial charge in [-0.05, 0) is 39.3 Å². The summed E-state index contributed by atoms with van der Waals surface area (Å²) in [6, 6.07) is 1.59. The number of nitrogen functional groups attached to an aromatic ring is 1. The largest absolute Gasteiger partial charge is 0.493 e. The third-order valence-electron chi connectivity index (χ3n) is 5.35. The Bertz CT molecular complexity index is 1150. The lowest BCUT2D eigenvalue weighted by molar-refractivity contribution is 0.138. The van der Waals surface area contributed by atoms with Crippen molar-refractivity contribution in [1.82, 2.24) is 25.1 Å². The van der Waals surface area contributed by atoms with Crippen LogP contribution in [0.5, 0.6) is 5.75 Å². The molecule has 0 spiro atoms. The SMILES string of the molecule is CCOc1c(C(C)n2nc(C)c3c(N)ncnc32)cc(Cl)c(C)c1C1CNC(=O)O1. The summed E-state index contributed by atoms with van der Waals surface area (Å²) in [6.07, 6.45) is 0.470. The molecule has 2 unspecified atom stereocenters. The zero-order chi connectivity index (χ0) is 21.6. The Morgan fingerprint density at radius 1 is 1.43 bits per heavy atom. The van der Waals surface area contributed by atoms with Crippen LogP contribution in [0.4, 0.5) is 10.6 Å². The van der Waals surface area contributed by atoms with Crippen LogP contribution >= 0.6 is 11.6 Å². The second-order valence-corrected chi connectivity index (χ2v) is 7.59. The van der Waals surface area contributed by atoms with Crippen molar-refractivity contribution >= 4 is 34.5 Å². The first-order valence-corrected chi connectivity index (χ1v) is 10.1. The zero-order valence-corrected chi connectivity index (χ0v) is 17.9. The third-order valence-corrected chi connectivity index (χ3v) is 5.75. The first-order valence-electron chi connectivity index (χ1n) is 9.68. The molecule has 1 fully saturated rings. The highest BCUT2D eigenvalue weighted by Crippen LogP contribution is 2.42. The van der Waals surface area contributed by atoms with Crippen LogP contribution in [0, 0.1) is 13.8 Å². The highest BCUT2D eigenvalue weighted by Gasteiger charge is 2.32. The van der Waals surface area contributed by atoms with Crippen LogP contribution < -0.4 is 15.8 Å². The summed E-state index contributed by atoms with van der Waals surface area (Å²) in [5, 5.41) is 8.62. The number of nitrogens with two attached hydrogens (primary N) is 1. The van der Waals surface area contributed by atoms with Crippen molar-refractivity contribution in [2.24, 2.45) is 0 Å². The summed E-state index contributed by atoms with van der Waals surface area (Å²) in [4.78, 5) is 20.1. The summed E-state index contributed by atoms with van der Waals surface area (Å²) in [5.41, 5.74) is 9.79. The number of aromatic nitrogens is 4. The zero-order valence-electron chi connectivity index (χ0n) is 17.2. The van der Waals surface area contributed by atoms with Crippen molar-refractivity contribution in [3.8, 4) is 5.75 Å². The fourth-order valence-electron chi connectivity index (χ4n) is 3.89. The van der Waals surface area contributed by atoms with E-state index in [0.717, 1.165) is 27.8 Å². The number of alkyl carbamates (subject to hydrolysis) is 1. The molecule has 158 valence electrons. The van der Waals surface area contributed by atoms with Gasteiger partial charge in [0.1, 0.15) is 24.0 Å². The maximum Gasteiger partial charge on any atom is 0.407 e. The quantitative estimate of drug-likeness (QED) is 0.636. The normalized spacial score (nSPS) is 17.1. The molecule has 10 heteroatoms. The molecule has 30 heavy (non-hydrogen) atoms. The fourth-order valence-corrected chi connectivity index (χ4v) is 4.11. The van der Waals surface area contributed by atoms with E-state index in [2.05, 4.69) is 20.4 Å². The number of rotatable bonds is 5. The molecule has 1 saturated heterocycles. The number of ether oxygens (including phenoxy) is 2. The van der Waals surface area contributed by atoms with Crippen molar-refractivity contribution in [2.45, 2.75) is 39.8 Å². The first-order chi connectivity index (χ1) is 14.3. The molecule has 3 heterocycles. The van der Waals surface area contributed by atoms with E-state index in [0.29, 0.717) is 35.4 Å².